The molecule has 9 nitrogen and oxygen atoms in total. The second-order valence-electron chi connectivity index (χ2n) is 8.45. The molecule has 1 N–H and O–H groups in total. The highest BCUT2D eigenvalue weighted by Gasteiger charge is 2.41. The summed E-state index contributed by atoms with van der Waals surface area (Å²) in [7, 11) is 0. The SMILES string of the molecule is CC1(C(=O)O)CCN(c2nc(-c3cc(-c4ccon4)n(Cc4ccccc4F)n3)ncc2F)C1. The summed E-state index contributed by atoms with van der Waals surface area (Å²) in [6.07, 6.45) is 2.82. The molecule has 1 atom stereocenters. The maximum atomic E-state index is 14.6. The van der Waals surface area contributed by atoms with Crippen molar-refractivity contribution in [3.05, 3.63) is 66.1 Å². The van der Waals surface area contributed by atoms with Gasteiger partial charge in [0.05, 0.1) is 23.9 Å². The Labute approximate surface area is 192 Å². The first-order valence-electron chi connectivity index (χ1n) is 10.6. The normalized spacial score (nSPS) is 17.9. The fraction of sp³-hybridized carbons (Fsp3) is 0.261. The van der Waals surface area contributed by atoms with Crippen molar-refractivity contribution in [2.24, 2.45) is 5.41 Å². The zero-order valence-corrected chi connectivity index (χ0v) is 18.2. The molecule has 34 heavy (non-hydrogen) atoms. The summed E-state index contributed by atoms with van der Waals surface area (Å²) in [5, 5.41) is 18.0. The van der Waals surface area contributed by atoms with Crippen LogP contribution in [0.4, 0.5) is 14.6 Å². The van der Waals surface area contributed by atoms with Gasteiger partial charge < -0.3 is 14.5 Å². The Morgan fingerprint density at radius 1 is 1.21 bits per heavy atom. The fourth-order valence-corrected chi connectivity index (χ4v) is 4.01. The quantitative estimate of drug-likeness (QED) is 0.459. The molecule has 1 fully saturated rings. The van der Waals surface area contributed by atoms with Crippen molar-refractivity contribution < 1.29 is 23.2 Å². The van der Waals surface area contributed by atoms with Gasteiger partial charge in [-0.25, -0.2) is 18.7 Å². The van der Waals surface area contributed by atoms with Crippen LogP contribution in [-0.2, 0) is 11.3 Å². The minimum Gasteiger partial charge on any atom is -0.481 e. The number of hydrogen-bond acceptors (Lipinski definition) is 7. The molecule has 1 aliphatic heterocycles. The van der Waals surface area contributed by atoms with Crippen molar-refractivity contribution >= 4 is 11.8 Å². The number of aliphatic carboxylic acids is 1. The van der Waals surface area contributed by atoms with Crippen molar-refractivity contribution in [3.63, 3.8) is 0 Å². The number of carboxylic acids is 1. The van der Waals surface area contributed by atoms with Crippen LogP contribution in [0.2, 0.25) is 0 Å². The molecule has 1 aromatic carbocycles. The Morgan fingerprint density at radius 3 is 2.74 bits per heavy atom. The van der Waals surface area contributed by atoms with E-state index < -0.39 is 17.2 Å². The van der Waals surface area contributed by atoms with Gasteiger partial charge in [0, 0.05) is 24.7 Å². The van der Waals surface area contributed by atoms with Crippen molar-refractivity contribution in [3.8, 4) is 22.9 Å². The number of carbonyl (C=O) groups is 1. The monoisotopic (exact) mass is 466 g/mol. The molecule has 0 saturated carbocycles. The van der Waals surface area contributed by atoms with E-state index in [4.69, 9.17) is 4.52 Å². The van der Waals surface area contributed by atoms with Gasteiger partial charge in [-0.15, -0.1) is 0 Å². The summed E-state index contributed by atoms with van der Waals surface area (Å²) in [5.74, 6) is -1.80. The molecule has 0 amide bonds. The Hall–Kier alpha value is -4.15. The lowest BCUT2D eigenvalue weighted by Gasteiger charge is -2.21. The molecule has 0 spiro atoms. The van der Waals surface area contributed by atoms with E-state index in [0.717, 1.165) is 6.20 Å². The van der Waals surface area contributed by atoms with E-state index in [1.165, 1.54) is 12.3 Å². The summed E-state index contributed by atoms with van der Waals surface area (Å²) in [6.45, 7) is 2.22. The minimum atomic E-state index is -0.987. The Kier molecular flexibility index (Phi) is 5.31. The molecule has 4 aromatic rings. The molecule has 4 heterocycles. The average molecular weight is 466 g/mol. The van der Waals surface area contributed by atoms with Crippen LogP contribution in [0.1, 0.15) is 18.9 Å². The van der Waals surface area contributed by atoms with Gasteiger partial charge in [-0.1, -0.05) is 23.4 Å². The van der Waals surface area contributed by atoms with Crippen LogP contribution in [0.15, 0.2) is 53.4 Å². The molecule has 174 valence electrons. The molecule has 3 aromatic heterocycles. The van der Waals surface area contributed by atoms with E-state index in [9.17, 15) is 18.7 Å². The summed E-state index contributed by atoms with van der Waals surface area (Å²) >= 11 is 0. The first-order valence-corrected chi connectivity index (χ1v) is 10.6. The van der Waals surface area contributed by atoms with Crippen LogP contribution >= 0.6 is 0 Å². The zero-order valence-electron chi connectivity index (χ0n) is 18.2. The van der Waals surface area contributed by atoms with Crippen LogP contribution in [0.5, 0.6) is 0 Å². The van der Waals surface area contributed by atoms with Crippen molar-refractivity contribution in [1.29, 1.82) is 0 Å². The van der Waals surface area contributed by atoms with Gasteiger partial charge in [-0.2, -0.15) is 5.10 Å². The van der Waals surface area contributed by atoms with Crippen molar-refractivity contribution in [2.75, 3.05) is 18.0 Å². The van der Waals surface area contributed by atoms with E-state index >= 15 is 0 Å². The van der Waals surface area contributed by atoms with E-state index in [2.05, 4.69) is 20.2 Å². The van der Waals surface area contributed by atoms with Gasteiger partial charge >= 0.3 is 5.97 Å². The lowest BCUT2D eigenvalue weighted by atomic mass is 9.90. The smallest absolute Gasteiger partial charge is 0.311 e. The number of anilines is 1. The van der Waals surface area contributed by atoms with Gasteiger partial charge in [-0.3, -0.25) is 9.48 Å². The largest absolute Gasteiger partial charge is 0.481 e. The fourth-order valence-electron chi connectivity index (χ4n) is 4.01. The summed E-state index contributed by atoms with van der Waals surface area (Å²) in [4.78, 5) is 21.6. The first kappa shape index (κ1) is 21.7. The third-order valence-electron chi connectivity index (χ3n) is 6.00. The second-order valence-corrected chi connectivity index (χ2v) is 8.45. The Morgan fingerprint density at radius 2 is 2.03 bits per heavy atom. The average Bonchev–Trinajstić information content (AvgIpc) is 3.56. The summed E-state index contributed by atoms with van der Waals surface area (Å²) in [5.41, 5.74) is 0.789. The number of nitrogens with zero attached hydrogens (tertiary/aromatic N) is 6. The van der Waals surface area contributed by atoms with Crippen LogP contribution in [-0.4, -0.2) is 49.1 Å². The third-order valence-corrected chi connectivity index (χ3v) is 6.00. The number of carboxylic acid groups (broad SMARTS) is 1. The van der Waals surface area contributed by atoms with E-state index in [-0.39, 0.29) is 30.5 Å². The number of hydrogen-bond donors (Lipinski definition) is 1. The molecular weight excluding hydrogens is 446 g/mol. The molecular formula is C23H20F2N6O3. The molecule has 0 radical (unpaired) electrons. The molecule has 1 aliphatic rings. The summed E-state index contributed by atoms with van der Waals surface area (Å²) < 4.78 is 35.4. The van der Waals surface area contributed by atoms with E-state index in [1.54, 1.807) is 46.8 Å². The molecule has 0 bridgehead atoms. The predicted octanol–water partition coefficient (Wildman–Crippen LogP) is 3.62. The molecule has 1 saturated heterocycles. The maximum Gasteiger partial charge on any atom is 0.311 e. The molecule has 5 rings (SSSR count). The van der Waals surface area contributed by atoms with Crippen LogP contribution in [0.25, 0.3) is 22.9 Å². The zero-order chi connectivity index (χ0) is 23.9. The number of benzene rings is 1. The first-order chi connectivity index (χ1) is 16.3. The lowest BCUT2D eigenvalue weighted by molar-refractivity contribution is -0.146. The second kappa shape index (κ2) is 8.32. The van der Waals surface area contributed by atoms with Crippen molar-refractivity contribution in [1.82, 2.24) is 24.9 Å². The number of aromatic nitrogens is 5. The third kappa shape index (κ3) is 3.89. The molecule has 11 heteroatoms. The highest BCUT2D eigenvalue weighted by Crippen LogP contribution is 2.34. The highest BCUT2D eigenvalue weighted by atomic mass is 19.1. The molecule has 1 unspecified atom stereocenters. The topological polar surface area (TPSA) is 110 Å². The van der Waals surface area contributed by atoms with Gasteiger partial charge in [-0.05, 0) is 25.5 Å². The minimum absolute atomic E-state index is 0.0154. The predicted molar refractivity (Wildman–Crippen MR) is 117 cm³/mol. The standard InChI is InChI=1S/C23H20F2N6O3/c1-23(22(32)33)7-8-30(13-23)21-16(25)11-26-20(27-21)18-10-19(17-6-9-34-29-17)31(28-18)12-14-4-2-3-5-15(14)24/h2-6,9-11H,7-8,12-13H2,1H3,(H,32,33). The maximum absolute atomic E-state index is 14.6. The Bertz CT molecular complexity index is 1360. The van der Waals surface area contributed by atoms with E-state index in [0.29, 0.717) is 35.6 Å². The van der Waals surface area contributed by atoms with Gasteiger partial charge in [0.15, 0.2) is 17.5 Å². The lowest BCUT2D eigenvalue weighted by Crippen LogP contribution is -2.32. The van der Waals surface area contributed by atoms with E-state index in [1.807, 2.05) is 0 Å². The summed E-state index contributed by atoms with van der Waals surface area (Å²) in [6, 6.07) is 9.67. The van der Waals surface area contributed by atoms with Crippen molar-refractivity contribution in [2.45, 2.75) is 19.9 Å². The van der Waals surface area contributed by atoms with Crippen LogP contribution in [0.3, 0.4) is 0 Å². The Balaban J connectivity index is 1.53. The van der Waals surface area contributed by atoms with Crippen LogP contribution in [0, 0.1) is 17.0 Å². The number of halogens is 2. The van der Waals surface area contributed by atoms with Crippen LogP contribution < -0.4 is 4.90 Å². The molecule has 0 aliphatic carbocycles. The van der Waals surface area contributed by atoms with Gasteiger partial charge in [0.1, 0.15) is 23.5 Å². The van der Waals surface area contributed by atoms with Gasteiger partial charge in [0.2, 0.25) is 0 Å². The number of rotatable bonds is 6. The highest BCUT2D eigenvalue weighted by molar-refractivity contribution is 5.76. The van der Waals surface area contributed by atoms with Gasteiger partial charge in [0.25, 0.3) is 0 Å².